The summed E-state index contributed by atoms with van der Waals surface area (Å²) in [6, 6.07) is 12.7. The molecule has 0 amide bonds. The summed E-state index contributed by atoms with van der Waals surface area (Å²) in [5.41, 5.74) is 1.05. The van der Waals surface area contributed by atoms with E-state index in [1.807, 2.05) is 13.8 Å². The fourth-order valence-corrected chi connectivity index (χ4v) is 6.92. The maximum atomic E-state index is 14.1. The number of fused-ring (bicyclic) bond motifs is 1. The van der Waals surface area contributed by atoms with Crippen LogP contribution in [0.3, 0.4) is 0 Å². The van der Waals surface area contributed by atoms with Crippen LogP contribution < -0.4 is 29.1 Å². The highest BCUT2D eigenvalue weighted by atomic mass is 79.9. The normalized spacial score (nSPS) is 14.2. The second-order valence-electron chi connectivity index (χ2n) is 11.2. The number of esters is 1. The molecule has 3 aromatic carbocycles. The predicted octanol–water partition coefficient (Wildman–Crippen LogP) is 5.75. The Kier molecular flexibility index (Phi) is 10.8. The van der Waals surface area contributed by atoms with Crippen LogP contribution in [0.15, 0.2) is 80.1 Å². The second-order valence-corrected chi connectivity index (χ2v) is 13.1. The SMILES string of the molecule is CCOC(=O)C1=C(C)N=c2s/c(=C/c3cc(Br)c(OCc4ccc([N+](=O)[O-])cc4)c([N+](=O)[O-])c3)c(=O)n2[C@@H]1c1ccc(OC(C)C)c(OC)c1. The van der Waals surface area contributed by atoms with Gasteiger partial charge in [0, 0.05) is 18.2 Å². The summed E-state index contributed by atoms with van der Waals surface area (Å²) in [6.45, 7) is 7.13. The molecule has 4 aromatic rings. The number of hydrogen-bond donors (Lipinski definition) is 0. The van der Waals surface area contributed by atoms with Crippen molar-refractivity contribution in [1.82, 2.24) is 4.57 Å². The van der Waals surface area contributed by atoms with E-state index < -0.39 is 27.4 Å². The van der Waals surface area contributed by atoms with Crippen molar-refractivity contribution in [2.45, 2.75) is 46.4 Å². The quantitative estimate of drug-likeness (QED) is 0.0981. The zero-order valence-electron chi connectivity index (χ0n) is 27.5. The highest BCUT2D eigenvalue weighted by Crippen LogP contribution is 2.38. The smallest absolute Gasteiger partial charge is 0.338 e. The third-order valence-electron chi connectivity index (χ3n) is 7.45. The van der Waals surface area contributed by atoms with Crippen LogP contribution in [-0.2, 0) is 16.1 Å². The Morgan fingerprint density at radius 2 is 1.80 bits per heavy atom. The van der Waals surface area contributed by atoms with E-state index in [1.54, 1.807) is 38.1 Å². The van der Waals surface area contributed by atoms with Gasteiger partial charge in [0.25, 0.3) is 11.2 Å². The summed E-state index contributed by atoms with van der Waals surface area (Å²) >= 11 is 4.43. The third-order valence-corrected chi connectivity index (χ3v) is 9.03. The van der Waals surface area contributed by atoms with Crippen molar-refractivity contribution < 1.29 is 33.6 Å². The molecule has 0 fully saturated rings. The highest BCUT2D eigenvalue weighted by molar-refractivity contribution is 9.10. The Balaban J connectivity index is 1.59. The van der Waals surface area contributed by atoms with E-state index >= 15 is 0 Å². The van der Waals surface area contributed by atoms with E-state index in [0.29, 0.717) is 38.7 Å². The molecule has 1 atom stereocenters. The molecule has 16 heteroatoms. The van der Waals surface area contributed by atoms with Crippen LogP contribution in [-0.4, -0.2) is 40.2 Å². The first-order valence-electron chi connectivity index (χ1n) is 15.2. The molecular formula is C34H31BrN4O10S. The second kappa shape index (κ2) is 15.0. The van der Waals surface area contributed by atoms with Gasteiger partial charge in [0.1, 0.15) is 6.61 Å². The molecule has 0 radical (unpaired) electrons. The van der Waals surface area contributed by atoms with E-state index in [1.165, 1.54) is 48.1 Å². The molecule has 0 aliphatic carbocycles. The summed E-state index contributed by atoms with van der Waals surface area (Å²) < 4.78 is 24.5. The molecule has 1 aliphatic heterocycles. The molecular weight excluding hydrogens is 736 g/mol. The predicted molar refractivity (Wildman–Crippen MR) is 187 cm³/mol. The first-order chi connectivity index (χ1) is 23.8. The minimum atomic E-state index is -0.925. The van der Waals surface area contributed by atoms with Crippen LogP contribution in [0, 0.1) is 20.2 Å². The van der Waals surface area contributed by atoms with Gasteiger partial charge in [-0.3, -0.25) is 29.6 Å². The standard InChI is InChI=1S/C34H31BrN4O10S/c1-6-47-33(41)29-19(4)36-34-37(30(29)22-9-12-26(49-18(2)3)27(16-22)46-5)32(40)28(50-34)15-21-13-24(35)31(25(14-21)39(44)45)48-17-20-7-10-23(11-8-20)38(42)43/h7-16,18,30H,6,17H2,1-5H3/b28-15+/t30-/m1/s1. The van der Waals surface area contributed by atoms with E-state index in [-0.39, 0.29) is 51.0 Å². The maximum Gasteiger partial charge on any atom is 0.338 e. The number of ether oxygens (including phenoxy) is 4. The molecule has 0 saturated carbocycles. The molecule has 2 heterocycles. The van der Waals surface area contributed by atoms with E-state index in [2.05, 4.69) is 20.9 Å². The topological polar surface area (TPSA) is 175 Å². The molecule has 14 nitrogen and oxygen atoms in total. The monoisotopic (exact) mass is 766 g/mol. The van der Waals surface area contributed by atoms with Crippen LogP contribution in [0.1, 0.15) is 50.4 Å². The average molecular weight is 768 g/mol. The minimum Gasteiger partial charge on any atom is -0.493 e. The Morgan fingerprint density at radius 3 is 2.42 bits per heavy atom. The third kappa shape index (κ3) is 7.45. The summed E-state index contributed by atoms with van der Waals surface area (Å²) in [7, 11) is 1.49. The Bertz CT molecular complexity index is 2210. The van der Waals surface area contributed by atoms with Gasteiger partial charge >= 0.3 is 11.7 Å². The maximum absolute atomic E-state index is 14.1. The lowest BCUT2D eigenvalue weighted by Gasteiger charge is -2.25. The Hall–Kier alpha value is -5.35. The van der Waals surface area contributed by atoms with E-state index in [4.69, 9.17) is 18.9 Å². The lowest BCUT2D eigenvalue weighted by Crippen LogP contribution is -2.40. The number of nitro groups is 2. The molecule has 0 N–H and O–H groups in total. The fraction of sp³-hybridized carbons (Fsp3) is 0.265. The molecule has 5 rings (SSSR count). The number of rotatable bonds is 12. The Morgan fingerprint density at radius 1 is 1.08 bits per heavy atom. The van der Waals surface area contributed by atoms with Gasteiger partial charge in [0.05, 0.1) is 56.0 Å². The van der Waals surface area contributed by atoms with Gasteiger partial charge in [-0.25, -0.2) is 9.79 Å². The number of allylic oxidation sites excluding steroid dienone is 1. The van der Waals surface area contributed by atoms with Gasteiger partial charge in [-0.15, -0.1) is 0 Å². The van der Waals surface area contributed by atoms with Crippen molar-refractivity contribution in [3.05, 3.63) is 127 Å². The summed E-state index contributed by atoms with van der Waals surface area (Å²) in [6.07, 6.45) is 1.37. The molecule has 0 spiro atoms. The van der Waals surface area contributed by atoms with Gasteiger partial charge in [-0.2, -0.15) is 0 Å². The number of aromatic nitrogens is 1. The van der Waals surface area contributed by atoms with Gasteiger partial charge in [-0.1, -0.05) is 17.4 Å². The lowest BCUT2D eigenvalue weighted by atomic mass is 9.95. The number of halogens is 1. The van der Waals surface area contributed by atoms with Crippen molar-refractivity contribution in [1.29, 1.82) is 0 Å². The number of hydrogen-bond acceptors (Lipinski definition) is 12. The molecule has 0 saturated heterocycles. The number of benzene rings is 3. The van der Waals surface area contributed by atoms with E-state index in [0.717, 1.165) is 11.3 Å². The molecule has 1 aromatic heterocycles. The van der Waals surface area contributed by atoms with Gasteiger partial charge in [-0.05, 0) is 96.7 Å². The number of non-ortho nitro benzene ring substituents is 1. The fourth-order valence-electron chi connectivity index (χ4n) is 5.29. The molecule has 0 bridgehead atoms. The first kappa shape index (κ1) is 35.9. The van der Waals surface area contributed by atoms with Crippen LogP contribution in [0.4, 0.5) is 11.4 Å². The number of carbonyl (C=O) groups excluding carboxylic acids is 1. The number of thiazole rings is 1. The van der Waals surface area contributed by atoms with Crippen LogP contribution in [0.5, 0.6) is 17.2 Å². The Labute approximate surface area is 297 Å². The lowest BCUT2D eigenvalue weighted by molar-refractivity contribution is -0.386. The number of nitro benzene ring substituents is 2. The summed E-state index contributed by atoms with van der Waals surface area (Å²) in [5, 5.41) is 23.1. The number of carbonyl (C=O) groups is 1. The summed E-state index contributed by atoms with van der Waals surface area (Å²) in [5.74, 6) is 0.215. The minimum absolute atomic E-state index is 0.0551. The summed E-state index contributed by atoms with van der Waals surface area (Å²) in [4.78, 5) is 54.3. The van der Waals surface area contributed by atoms with Gasteiger partial charge < -0.3 is 18.9 Å². The molecule has 50 heavy (non-hydrogen) atoms. The average Bonchev–Trinajstić information content (AvgIpc) is 3.37. The molecule has 260 valence electrons. The van der Waals surface area contributed by atoms with Gasteiger partial charge in [0.15, 0.2) is 16.3 Å². The van der Waals surface area contributed by atoms with Crippen molar-refractivity contribution in [2.24, 2.45) is 4.99 Å². The van der Waals surface area contributed by atoms with Crippen molar-refractivity contribution in [3.8, 4) is 17.2 Å². The number of nitrogens with zero attached hydrogens (tertiary/aromatic N) is 4. The van der Waals surface area contributed by atoms with Crippen LogP contribution in [0.25, 0.3) is 6.08 Å². The van der Waals surface area contributed by atoms with Crippen molar-refractivity contribution in [2.75, 3.05) is 13.7 Å². The van der Waals surface area contributed by atoms with Crippen molar-refractivity contribution in [3.63, 3.8) is 0 Å². The van der Waals surface area contributed by atoms with Gasteiger partial charge in [0.2, 0.25) is 5.75 Å². The largest absolute Gasteiger partial charge is 0.493 e. The van der Waals surface area contributed by atoms with E-state index in [9.17, 15) is 29.8 Å². The van der Waals surface area contributed by atoms with Crippen LogP contribution in [0.2, 0.25) is 0 Å². The zero-order valence-corrected chi connectivity index (χ0v) is 29.9. The first-order valence-corrected chi connectivity index (χ1v) is 16.8. The molecule has 0 unspecified atom stereocenters. The highest BCUT2D eigenvalue weighted by Gasteiger charge is 2.34. The number of methoxy groups -OCH3 is 1. The van der Waals surface area contributed by atoms with Crippen LogP contribution >= 0.6 is 27.3 Å². The van der Waals surface area contributed by atoms with Crippen molar-refractivity contribution >= 4 is 50.7 Å². The molecule has 1 aliphatic rings. The zero-order chi connectivity index (χ0) is 36.3.